The molecular formula is C21H26N4O. The van der Waals surface area contributed by atoms with E-state index in [1.807, 2.05) is 30.8 Å². The van der Waals surface area contributed by atoms with Gasteiger partial charge in [0.05, 0.1) is 17.7 Å². The first-order valence-corrected chi connectivity index (χ1v) is 9.31. The van der Waals surface area contributed by atoms with Gasteiger partial charge in [-0.1, -0.05) is 29.8 Å². The third-order valence-electron chi connectivity index (χ3n) is 5.63. The van der Waals surface area contributed by atoms with Gasteiger partial charge in [0.2, 0.25) is 5.91 Å². The number of rotatable bonds is 3. The largest absolute Gasteiger partial charge is 0.362 e. The highest BCUT2D eigenvalue weighted by Gasteiger charge is 2.53. The standard InChI is InChI=1S/C21H26N4O/c1-14-5-7-16(8-6-14)21(10-11-21)20(26)25-12-9-17-18(13-25)22-15(2)23-19(17)24(3)4/h5-8H,9-13H2,1-4H3. The molecule has 136 valence electrons. The lowest BCUT2D eigenvalue weighted by molar-refractivity contribution is -0.135. The Morgan fingerprint density at radius 2 is 1.81 bits per heavy atom. The summed E-state index contributed by atoms with van der Waals surface area (Å²) in [4.78, 5) is 26.6. The van der Waals surface area contributed by atoms with Crippen molar-refractivity contribution in [1.82, 2.24) is 14.9 Å². The molecule has 1 aliphatic carbocycles. The molecule has 0 spiro atoms. The SMILES string of the molecule is Cc1ccc(C2(C(=O)N3CCc4c(nc(C)nc4N(C)C)C3)CC2)cc1. The molecule has 0 saturated heterocycles. The third-order valence-corrected chi connectivity index (χ3v) is 5.63. The molecule has 1 aromatic heterocycles. The van der Waals surface area contributed by atoms with E-state index in [2.05, 4.69) is 41.2 Å². The Kier molecular flexibility index (Phi) is 3.98. The van der Waals surface area contributed by atoms with Gasteiger partial charge in [-0.05, 0) is 38.7 Å². The molecule has 2 aromatic rings. The summed E-state index contributed by atoms with van der Waals surface area (Å²) in [5, 5.41) is 0. The summed E-state index contributed by atoms with van der Waals surface area (Å²) >= 11 is 0. The van der Waals surface area contributed by atoms with Gasteiger partial charge < -0.3 is 9.80 Å². The molecule has 1 saturated carbocycles. The number of anilines is 1. The van der Waals surface area contributed by atoms with Crippen molar-refractivity contribution in [3.05, 3.63) is 52.5 Å². The first kappa shape index (κ1) is 17.0. The zero-order valence-electron chi connectivity index (χ0n) is 16.0. The molecule has 1 aliphatic heterocycles. The molecule has 2 heterocycles. The second-order valence-electron chi connectivity index (χ2n) is 7.84. The predicted molar refractivity (Wildman–Crippen MR) is 102 cm³/mol. The van der Waals surface area contributed by atoms with Crippen LogP contribution in [0, 0.1) is 13.8 Å². The van der Waals surface area contributed by atoms with Crippen LogP contribution in [0.4, 0.5) is 5.82 Å². The van der Waals surface area contributed by atoms with E-state index in [0.29, 0.717) is 6.54 Å². The molecule has 5 nitrogen and oxygen atoms in total. The number of hydrogen-bond acceptors (Lipinski definition) is 4. The molecular weight excluding hydrogens is 324 g/mol. The molecule has 0 bridgehead atoms. The third kappa shape index (κ3) is 2.75. The number of carbonyl (C=O) groups is 1. The van der Waals surface area contributed by atoms with Crippen molar-refractivity contribution in [2.24, 2.45) is 0 Å². The van der Waals surface area contributed by atoms with Crippen molar-refractivity contribution in [3.8, 4) is 0 Å². The van der Waals surface area contributed by atoms with Crippen molar-refractivity contribution in [1.29, 1.82) is 0 Å². The van der Waals surface area contributed by atoms with Gasteiger partial charge in [-0.3, -0.25) is 4.79 Å². The maximum Gasteiger partial charge on any atom is 0.233 e. The van der Waals surface area contributed by atoms with Crippen molar-refractivity contribution in [2.75, 3.05) is 25.5 Å². The minimum absolute atomic E-state index is 0.259. The van der Waals surface area contributed by atoms with Crippen LogP contribution >= 0.6 is 0 Å². The molecule has 0 radical (unpaired) electrons. The van der Waals surface area contributed by atoms with Crippen LogP contribution in [-0.4, -0.2) is 41.4 Å². The number of carbonyl (C=O) groups excluding carboxylic acids is 1. The fourth-order valence-electron chi connectivity index (χ4n) is 4.00. The number of amides is 1. The van der Waals surface area contributed by atoms with Crippen LogP contribution in [0.5, 0.6) is 0 Å². The highest BCUT2D eigenvalue weighted by Crippen LogP contribution is 2.50. The molecule has 4 rings (SSSR count). The minimum Gasteiger partial charge on any atom is -0.362 e. The number of benzene rings is 1. The molecule has 2 aliphatic rings. The summed E-state index contributed by atoms with van der Waals surface area (Å²) in [7, 11) is 4.02. The van der Waals surface area contributed by atoms with Gasteiger partial charge in [0, 0.05) is 26.2 Å². The topological polar surface area (TPSA) is 49.3 Å². The van der Waals surface area contributed by atoms with E-state index >= 15 is 0 Å². The van der Waals surface area contributed by atoms with E-state index in [1.54, 1.807) is 0 Å². The van der Waals surface area contributed by atoms with Gasteiger partial charge in [0.15, 0.2) is 0 Å². The lowest BCUT2D eigenvalue weighted by Gasteiger charge is -2.33. The lowest BCUT2D eigenvalue weighted by atomic mass is 9.92. The maximum atomic E-state index is 13.4. The molecule has 1 fully saturated rings. The predicted octanol–water partition coefficient (Wildman–Crippen LogP) is 2.78. The summed E-state index contributed by atoms with van der Waals surface area (Å²) in [6.45, 7) is 5.33. The number of aryl methyl sites for hydroxylation is 2. The summed E-state index contributed by atoms with van der Waals surface area (Å²) in [6, 6.07) is 8.45. The van der Waals surface area contributed by atoms with Crippen molar-refractivity contribution >= 4 is 11.7 Å². The van der Waals surface area contributed by atoms with Crippen LogP contribution in [0.25, 0.3) is 0 Å². The highest BCUT2D eigenvalue weighted by atomic mass is 16.2. The molecule has 0 N–H and O–H groups in total. The summed E-state index contributed by atoms with van der Waals surface area (Å²) in [5.41, 5.74) is 4.27. The minimum atomic E-state index is -0.308. The van der Waals surface area contributed by atoms with E-state index in [9.17, 15) is 4.79 Å². The van der Waals surface area contributed by atoms with Crippen LogP contribution in [-0.2, 0) is 23.2 Å². The Morgan fingerprint density at radius 1 is 1.12 bits per heavy atom. The molecule has 26 heavy (non-hydrogen) atoms. The zero-order valence-corrected chi connectivity index (χ0v) is 16.0. The highest BCUT2D eigenvalue weighted by molar-refractivity contribution is 5.91. The summed E-state index contributed by atoms with van der Waals surface area (Å²) < 4.78 is 0. The second-order valence-corrected chi connectivity index (χ2v) is 7.84. The Morgan fingerprint density at radius 3 is 2.42 bits per heavy atom. The van der Waals surface area contributed by atoms with E-state index in [1.165, 1.54) is 11.1 Å². The van der Waals surface area contributed by atoms with E-state index < -0.39 is 0 Å². The van der Waals surface area contributed by atoms with Crippen molar-refractivity contribution in [2.45, 2.75) is 45.1 Å². The van der Waals surface area contributed by atoms with Gasteiger partial charge in [-0.2, -0.15) is 0 Å². The van der Waals surface area contributed by atoms with E-state index in [-0.39, 0.29) is 11.3 Å². The first-order chi connectivity index (χ1) is 12.4. The second kappa shape index (κ2) is 6.08. The Hall–Kier alpha value is -2.43. The Balaban J connectivity index is 1.61. The van der Waals surface area contributed by atoms with Crippen LogP contribution in [0.2, 0.25) is 0 Å². The van der Waals surface area contributed by atoms with E-state index in [0.717, 1.165) is 48.7 Å². The van der Waals surface area contributed by atoms with Gasteiger partial charge in [-0.25, -0.2) is 9.97 Å². The van der Waals surface area contributed by atoms with Gasteiger partial charge >= 0.3 is 0 Å². The smallest absolute Gasteiger partial charge is 0.233 e. The number of nitrogens with zero attached hydrogens (tertiary/aromatic N) is 4. The lowest BCUT2D eigenvalue weighted by Crippen LogP contribution is -2.43. The summed E-state index contributed by atoms with van der Waals surface area (Å²) in [6.07, 6.45) is 2.72. The van der Waals surface area contributed by atoms with E-state index in [4.69, 9.17) is 0 Å². The number of hydrogen-bond donors (Lipinski definition) is 0. The molecule has 1 amide bonds. The van der Waals surface area contributed by atoms with Gasteiger partial charge in [-0.15, -0.1) is 0 Å². The van der Waals surface area contributed by atoms with Crippen LogP contribution in [0.1, 0.15) is 41.1 Å². The van der Waals surface area contributed by atoms with Crippen LogP contribution in [0.3, 0.4) is 0 Å². The van der Waals surface area contributed by atoms with Gasteiger partial charge in [0.25, 0.3) is 0 Å². The Bertz CT molecular complexity index is 853. The number of aromatic nitrogens is 2. The van der Waals surface area contributed by atoms with Crippen LogP contribution < -0.4 is 4.90 Å². The monoisotopic (exact) mass is 350 g/mol. The molecule has 0 atom stereocenters. The molecule has 1 aromatic carbocycles. The number of fused-ring (bicyclic) bond motifs is 1. The zero-order chi connectivity index (χ0) is 18.5. The fourth-order valence-corrected chi connectivity index (χ4v) is 4.00. The van der Waals surface area contributed by atoms with Crippen LogP contribution in [0.15, 0.2) is 24.3 Å². The normalized spacial score (nSPS) is 17.6. The first-order valence-electron chi connectivity index (χ1n) is 9.31. The fraction of sp³-hybridized carbons (Fsp3) is 0.476. The van der Waals surface area contributed by atoms with Crippen molar-refractivity contribution in [3.63, 3.8) is 0 Å². The quantitative estimate of drug-likeness (QED) is 0.854. The molecule has 0 unspecified atom stereocenters. The van der Waals surface area contributed by atoms with Crippen molar-refractivity contribution < 1.29 is 4.79 Å². The Labute approximate surface area is 155 Å². The summed E-state index contributed by atoms with van der Waals surface area (Å²) in [5.74, 6) is 2.01. The average molecular weight is 350 g/mol. The maximum absolute atomic E-state index is 13.4. The average Bonchev–Trinajstić information content (AvgIpc) is 3.42. The molecule has 5 heteroatoms. The van der Waals surface area contributed by atoms with Gasteiger partial charge in [0.1, 0.15) is 11.6 Å².